The van der Waals surface area contributed by atoms with Crippen molar-refractivity contribution in [2.45, 2.75) is 11.8 Å². The lowest BCUT2D eigenvalue weighted by Gasteiger charge is -2.08. The van der Waals surface area contributed by atoms with Crippen molar-refractivity contribution in [1.82, 2.24) is 4.98 Å². The summed E-state index contributed by atoms with van der Waals surface area (Å²) in [6.45, 7) is 1.91. The number of rotatable bonds is 3. The molecule has 1 heterocycles. The summed E-state index contributed by atoms with van der Waals surface area (Å²) in [5.74, 6) is 0.490. The zero-order valence-electron chi connectivity index (χ0n) is 9.70. The maximum Gasteiger partial charge on any atom is 0.243 e. The Labute approximate surface area is 105 Å². The summed E-state index contributed by atoms with van der Waals surface area (Å²) in [6.07, 6.45) is 1.44. The van der Waals surface area contributed by atoms with E-state index in [9.17, 15) is 8.42 Å². The normalized spacial score (nSPS) is 11.2. The molecule has 18 heavy (non-hydrogen) atoms. The van der Waals surface area contributed by atoms with Gasteiger partial charge in [0.2, 0.25) is 15.9 Å². The van der Waals surface area contributed by atoms with Gasteiger partial charge < -0.3 is 4.74 Å². The number of aryl methyl sites for hydroxylation is 1. The Kier molecular flexibility index (Phi) is 3.31. The molecule has 0 unspecified atom stereocenters. The summed E-state index contributed by atoms with van der Waals surface area (Å²) < 4.78 is 28.2. The van der Waals surface area contributed by atoms with Gasteiger partial charge in [0.15, 0.2) is 0 Å². The molecule has 94 valence electrons. The van der Waals surface area contributed by atoms with Crippen LogP contribution in [-0.2, 0) is 10.0 Å². The van der Waals surface area contributed by atoms with E-state index >= 15 is 0 Å². The standard InChI is InChI=1S/C12H12N2O3S/c1-9-4-2-5-10(8-9)17-12-11(18(13,15)16)6-3-7-14-12/h2-8H,1H3,(H2,13,15,16). The number of benzene rings is 1. The molecule has 0 saturated carbocycles. The lowest BCUT2D eigenvalue weighted by molar-refractivity contribution is 0.447. The van der Waals surface area contributed by atoms with Crippen molar-refractivity contribution in [1.29, 1.82) is 0 Å². The van der Waals surface area contributed by atoms with E-state index in [-0.39, 0.29) is 10.8 Å². The number of nitrogens with two attached hydrogens (primary N) is 1. The number of hydrogen-bond donors (Lipinski definition) is 1. The van der Waals surface area contributed by atoms with Crippen LogP contribution in [-0.4, -0.2) is 13.4 Å². The van der Waals surface area contributed by atoms with Crippen LogP contribution >= 0.6 is 0 Å². The van der Waals surface area contributed by atoms with Crippen molar-refractivity contribution in [3.05, 3.63) is 48.2 Å². The lowest BCUT2D eigenvalue weighted by Crippen LogP contribution is -2.13. The zero-order valence-corrected chi connectivity index (χ0v) is 10.5. The van der Waals surface area contributed by atoms with Gasteiger partial charge in [-0.15, -0.1) is 0 Å². The molecule has 5 nitrogen and oxygen atoms in total. The van der Waals surface area contributed by atoms with Crippen LogP contribution in [0, 0.1) is 6.92 Å². The molecule has 0 radical (unpaired) electrons. The van der Waals surface area contributed by atoms with Crippen LogP contribution in [0.1, 0.15) is 5.56 Å². The van der Waals surface area contributed by atoms with Gasteiger partial charge >= 0.3 is 0 Å². The molecule has 0 amide bonds. The molecule has 0 aliphatic carbocycles. The van der Waals surface area contributed by atoms with E-state index in [1.54, 1.807) is 12.1 Å². The molecule has 0 bridgehead atoms. The second-order valence-corrected chi connectivity index (χ2v) is 5.30. The molecule has 0 spiro atoms. The molecule has 0 aliphatic rings. The SMILES string of the molecule is Cc1cccc(Oc2ncccc2S(N)(=O)=O)c1. The molecule has 1 aromatic heterocycles. The highest BCUT2D eigenvalue weighted by Crippen LogP contribution is 2.25. The highest BCUT2D eigenvalue weighted by Gasteiger charge is 2.16. The number of primary sulfonamides is 1. The summed E-state index contributed by atoms with van der Waals surface area (Å²) in [7, 11) is -3.85. The first-order valence-electron chi connectivity index (χ1n) is 5.19. The first-order chi connectivity index (χ1) is 8.47. The number of sulfonamides is 1. The molecule has 6 heteroatoms. The van der Waals surface area contributed by atoms with Crippen LogP contribution in [0.5, 0.6) is 11.6 Å². The van der Waals surface area contributed by atoms with Crippen molar-refractivity contribution in [2.75, 3.05) is 0 Å². The van der Waals surface area contributed by atoms with Crippen molar-refractivity contribution >= 4 is 10.0 Å². The number of aromatic nitrogens is 1. The van der Waals surface area contributed by atoms with E-state index in [0.29, 0.717) is 5.75 Å². The number of nitrogens with zero attached hydrogens (tertiary/aromatic N) is 1. The van der Waals surface area contributed by atoms with Crippen LogP contribution in [0.3, 0.4) is 0 Å². The molecule has 2 rings (SSSR count). The van der Waals surface area contributed by atoms with Gasteiger partial charge in [0.05, 0.1) is 0 Å². The quantitative estimate of drug-likeness (QED) is 0.916. The lowest BCUT2D eigenvalue weighted by atomic mass is 10.2. The summed E-state index contributed by atoms with van der Waals surface area (Å²) in [4.78, 5) is 3.76. The Morgan fingerprint density at radius 1 is 1.22 bits per heavy atom. The average Bonchev–Trinajstić information content (AvgIpc) is 2.28. The third kappa shape index (κ3) is 2.85. The largest absolute Gasteiger partial charge is 0.438 e. The molecule has 0 atom stereocenters. The van der Waals surface area contributed by atoms with E-state index in [1.807, 2.05) is 19.1 Å². The molecule has 0 saturated heterocycles. The Morgan fingerprint density at radius 2 is 2.00 bits per heavy atom. The molecular weight excluding hydrogens is 252 g/mol. The van der Waals surface area contributed by atoms with Gasteiger partial charge in [0, 0.05) is 6.20 Å². The maximum atomic E-state index is 11.4. The minimum Gasteiger partial charge on any atom is -0.438 e. The third-order valence-electron chi connectivity index (χ3n) is 2.25. The maximum absolute atomic E-state index is 11.4. The molecule has 0 aliphatic heterocycles. The van der Waals surface area contributed by atoms with E-state index in [4.69, 9.17) is 9.88 Å². The van der Waals surface area contributed by atoms with E-state index in [2.05, 4.69) is 4.98 Å². The van der Waals surface area contributed by atoms with Gasteiger partial charge in [-0.05, 0) is 36.8 Å². The first-order valence-corrected chi connectivity index (χ1v) is 6.74. The Morgan fingerprint density at radius 3 is 2.67 bits per heavy atom. The topological polar surface area (TPSA) is 82.3 Å². The van der Waals surface area contributed by atoms with E-state index in [1.165, 1.54) is 18.3 Å². The molecular formula is C12H12N2O3S. The fourth-order valence-electron chi connectivity index (χ4n) is 1.46. The Hall–Kier alpha value is -1.92. The predicted octanol–water partition coefficient (Wildman–Crippen LogP) is 1.83. The van der Waals surface area contributed by atoms with Crippen molar-refractivity contribution < 1.29 is 13.2 Å². The van der Waals surface area contributed by atoms with Gasteiger partial charge in [-0.25, -0.2) is 18.5 Å². The fraction of sp³-hybridized carbons (Fsp3) is 0.0833. The van der Waals surface area contributed by atoms with Crippen LogP contribution in [0.25, 0.3) is 0 Å². The smallest absolute Gasteiger partial charge is 0.243 e. The first kappa shape index (κ1) is 12.5. The van der Waals surface area contributed by atoms with Gasteiger partial charge in [0.25, 0.3) is 0 Å². The molecule has 1 aromatic carbocycles. The summed E-state index contributed by atoms with van der Waals surface area (Å²) >= 11 is 0. The van der Waals surface area contributed by atoms with E-state index < -0.39 is 10.0 Å². The number of pyridine rings is 1. The van der Waals surface area contributed by atoms with Crippen LogP contribution < -0.4 is 9.88 Å². The summed E-state index contributed by atoms with van der Waals surface area (Å²) in [6, 6.07) is 10.1. The summed E-state index contributed by atoms with van der Waals surface area (Å²) in [5.41, 5.74) is 1.00. The van der Waals surface area contributed by atoms with Crippen molar-refractivity contribution in [2.24, 2.45) is 5.14 Å². The Bertz CT molecular complexity index is 669. The Balaban J connectivity index is 2.41. The van der Waals surface area contributed by atoms with E-state index in [0.717, 1.165) is 5.56 Å². The second kappa shape index (κ2) is 4.75. The highest BCUT2D eigenvalue weighted by atomic mass is 32.2. The van der Waals surface area contributed by atoms with Crippen molar-refractivity contribution in [3.63, 3.8) is 0 Å². The molecule has 2 N–H and O–H groups in total. The van der Waals surface area contributed by atoms with Crippen LogP contribution in [0.4, 0.5) is 0 Å². The minimum atomic E-state index is -3.85. The minimum absolute atomic E-state index is 0.0226. The van der Waals surface area contributed by atoms with Gasteiger partial charge in [-0.2, -0.15) is 0 Å². The molecule has 2 aromatic rings. The van der Waals surface area contributed by atoms with Crippen LogP contribution in [0.2, 0.25) is 0 Å². The zero-order chi connectivity index (χ0) is 13.2. The fourth-order valence-corrected chi connectivity index (χ4v) is 2.07. The third-order valence-corrected chi connectivity index (χ3v) is 3.17. The number of ether oxygens (including phenoxy) is 1. The second-order valence-electron chi connectivity index (χ2n) is 3.77. The van der Waals surface area contributed by atoms with Gasteiger partial charge in [0.1, 0.15) is 10.6 Å². The van der Waals surface area contributed by atoms with Crippen molar-refractivity contribution in [3.8, 4) is 11.6 Å². The average molecular weight is 264 g/mol. The molecule has 0 fully saturated rings. The van der Waals surface area contributed by atoms with Gasteiger partial charge in [-0.3, -0.25) is 0 Å². The summed E-state index contributed by atoms with van der Waals surface area (Å²) in [5, 5.41) is 5.09. The monoisotopic (exact) mass is 264 g/mol. The highest BCUT2D eigenvalue weighted by molar-refractivity contribution is 7.89. The predicted molar refractivity (Wildman–Crippen MR) is 66.9 cm³/mol. The number of hydrogen-bond acceptors (Lipinski definition) is 4. The van der Waals surface area contributed by atoms with Gasteiger partial charge in [-0.1, -0.05) is 12.1 Å². The van der Waals surface area contributed by atoms with Crippen LogP contribution in [0.15, 0.2) is 47.5 Å².